The topological polar surface area (TPSA) is 121 Å². The highest BCUT2D eigenvalue weighted by atomic mass is 32.2. The van der Waals surface area contributed by atoms with Crippen molar-refractivity contribution in [3.63, 3.8) is 0 Å². The summed E-state index contributed by atoms with van der Waals surface area (Å²) >= 11 is 1.32. The number of anilines is 1. The third kappa shape index (κ3) is 8.39. The van der Waals surface area contributed by atoms with Crippen LogP contribution in [0.1, 0.15) is 26.3 Å². The van der Waals surface area contributed by atoms with Crippen molar-refractivity contribution < 1.29 is 38.1 Å². The average Bonchev–Trinajstić information content (AvgIpc) is 3.09. The number of methoxy groups -OCH3 is 5. The highest BCUT2D eigenvalue weighted by molar-refractivity contribution is 8.00. The second-order valence-electron chi connectivity index (χ2n) is 9.60. The minimum absolute atomic E-state index is 0.0233. The number of rotatable bonds is 14. The molecule has 0 aromatic heterocycles. The number of Topliss-reactive ketones (excluding diaryl/α,β-unsaturated/α-hetero) is 1. The maximum atomic E-state index is 13.6. The van der Waals surface area contributed by atoms with Gasteiger partial charge in [0.25, 0.3) is 11.8 Å². The van der Waals surface area contributed by atoms with Crippen molar-refractivity contribution in [2.24, 2.45) is 0 Å². The fraction of sp³-hybridized carbons (Fsp3) is 0.171. The van der Waals surface area contributed by atoms with Crippen LogP contribution >= 0.6 is 11.8 Å². The van der Waals surface area contributed by atoms with Gasteiger partial charge in [0.15, 0.2) is 28.8 Å². The summed E-state index contributed by atoms with van der Waals surface area (Å²) in [6.07, 6.45) is 1.51. The third-order valence-corrected chi connectivity index (χ3v) is 7.69. The average molecular weight is 643 g/mol. The summed E-state index contributed by atoms with van der Waals surface area (Å²) < 4.78 is 26.9. The molecule has 0 aliphatic carbocycles. The number of hydrogen-bond acceptors (Lipinski definition) is 9. The van der Waals surface area contributed by atoms with E-state index in [-0.39, 0.29) is 17.2 Å². The lowest BCUT2D eigenvalue weighted by Crippen LogP contribution is -2.30. The summed E-state index contributed by atoms with van der Waals surface area (Å²) in [7, 11) is 7.51. The van der Waals surface area contributed by atoms with Gasteiger partial charge in [-0.1, -0.05) is 24.3 Å². The molecule has 4 aromatic carbocycles. The van der Waals surface area contributed by atoms with E-state index in [9.17, 15) is 14.4 Å². The summed E-state index contributed by atoms with van der Waals surface area (Å²) in [4.78, 5) is 40.4. The largest absolute Gasteiger partial charge is 0.493 e. The SMILES string of the molecule is COc1ccc(C(=O)CSc2cccc(NC(=O)/C(=C/c3cc(OC)c(OC)c(OC)c3)NC(=O)c3ccccc3)c2)cc1OC. The molecule has 11 heteroatoms. The molecule has 4 rings (SSSR count). The van der Waals surface area contributed by atoms with Crippen molar-refractivity contribution in [1.29, 1.82) is 0 Å². The highest BCUT2D eigenvalue weighted by Gasteiger charge is 2.18. The molecular formula is C35H34N2O8S. The minimum Gasteiger partial charge on any atom is -0.493 e. The molecule has 4 aromatic rings. The van der Waals surface area contributed by atoms with E-state index >= 15 is 0 Å². The van der Waals surface area contributed by atoms with Gasteiger partial charge in [-0.15, -0.1) is 11.8 Å². The number of ether oxygens (including phenoxy) is 5. The van der Waals surface area contributed by atoms with Crippen LogP contribution in [-0.2, 0) is 4.79 Å². The van der Waals surface area contributed by atoms with Crippen molar-refractivity contribution >= 4 is 41.1 Å². The van der Waals surface area contributed by atoms with Crippen molar-refractivity contribution in [2.45, 2.75) is 4.90 Å². The van der Waals surface area contributed by atoms with Gasteiger partial charge in [0.1, 0.15) is 5.70 Å². The van der Waals surface area contributed by atoms with Gasteiger partial charge in [-0.3, -0.25) is 14.4 Å². The quantitative estimate of drug-likeness (QED) is 0.0953. The molecule has 2 N–H and O–H groups in total. The molecule has 0 atom stereocenters. The van der Waals surface area contributed by atoms with Crippen molar-refractivity contribution in [2.75, 3.05) is 46.6 Å². The Hall–Kier alpha value is -5.42. The molecular weight excluding hydrogens is 608 g/mol. The molecule has 0 unspecified atom stereocenters. The van der Waals surface area contributed by atoms with Crippen LogP contribution in [0.15, 0.2) is 95.5 Å². The van der Waals surface area contributed by atoms with E-state index in [0.717, 1.165) is 4.90 Å². The van der Waals surface area contributed by atoms with Crippen molar-refractivity contribution in [3.8, 4) is 28.7 Å². The molecule has 0 aliphatic rings. The van der Waals surface area contributed by atoms with Gasteiger partial charge in [-0.25, -0.2) is 0 Å². The van der Waals surface area contributed by atoms with E-state index < -0.39 is 11.8 Å². The van der Waals surface area contributed by atoms with E-state index in [1.807, 2.05) is 6.07 Å². The Labute approximate surface area is 271 Å². The van der Waals surface area contributed by atoms with E-state index in [1.165, 1.54) is 53.4 Å². The van der Waals surface area contributed by atoms with Crippen molar-refractivity contribution in [1.82, 2.24) is 5.32 Å². The van der Waals surface area contributed by atoms with Crippen LogP contribution in [-0.4, -0.2) is 58.9 Å². The lowest BCUT2D eigenvalue weighted by molar-refractivity contribution is -0.113. The van der Waals surface area contributed by atoms with Crippen LogP contribution in [0.3, 0.4) is 0 Å². The predicted octanol–water partition coefficient (Wildman–Crippen LogP) is 6.11. The third-order valence-electron chi connectivity index (χ3n) is 6.69. The first kappa shape index (κ1) is 33.5. The molecule has 0 radical (unpaired) electrons. The highest BCUT2D eigenvalue weighted by Crippen LogP contribution is 2.38. The molecule has 238 valence electrons. The van der Waals surface area contributed by atoms with E-state index in [1.54, 1.807) is 78.9 Å². The Morgan fingerprint density at radius 1 is 0.674 bits per heavy atom. The zero-order valence-electron chi connectivity index (χ0n) is 26.0. The number of carbonyl (C=O) groups is 3. The monoisotopic (exact) mass is 642 g/mol. The van der Waals surface area contributed by atoms with Crippen LogP contribution in [0.5, 0.6) is 28.7 Å². The van der Waals surface area contributed by atoms with Gasteiger partial charge in [0, 0.05) is 21.7 Å². The molecule has 0 aliphatic heterocycles. The fourth-order valence-corrected chi connectivity index (χ4v) is 5.25. The molecule has 0 saturated carbocycles. The van der Waals surface area contributed by atoms with E-state index in [0.29, 0.717) is 51.1 Å². The first-order valence-electron chi connectivity index (χ1n) is 14.0. The van der Waals surface area contributed by atoms with Gasteiger partial charge in [-0.05, 0) is 72.3 Å². The van der Waals surface area contributed by atoms with Crippen molar-refractivity contribution in [3.05, 3.63) is 107 Å². The smallest absolute Gasteiger partial charge is 0.272 e. The lowest BCUT2D eigenvalue weighted by atomic mass is 10.1. The molecule has 10 nitrogen and oxygen atoms in total. The second kappa shape index (κ2) is 16.1. The fourth-order valence-electron chi connectivity index (χ4n) is 4.40. The summed E-state index contributed by atoms with van der Waals surface area (Å²) in [6, 6.07) is 24.0. The van der Waals surface area contributed by atoms with E-state index in [4.69, 9.17) is 23.7 Å². The Kier molecular flexibility index (Phi) is 11.7. The van der Waals surface area contributed by atoms with Crippen LogP contribution < -0.4 is 34.3 Å². The zero-order valence-corrected chi connectivity index (χ0v) is 26.9. The number of thioether (sulfide) groups is 1. The maximum absolute atomic E-state index is 13.6. The Bertz CT molecular complexity index is 1720. The summed E-state index contributed by atoms with van der Waals surface area (Å²) in [5, 5.41) is 5.57. The van der Waals surface area contributed by atoms with Crippen LogP contribution in [0.4, 0.5) is 5.69 Å². The maximum Gasteiger partial charge on any atom is 0.272 e. The number of ketones is 1. The predicted molar refractivity (Wildman–Crippen MR) is 178 cm³/mol. The second-order valence-corrected chi connectivity index (χ2v) is 10.6. The number of nitrogens with one attached hydrogen (secondary N) is 2. The van der Waals surface area contributed by atoms with Gasteiger partial charge in [0.2, 0.25) is 5.75 Å². The van der Waals surface area contributed by atoms with Crippen LogP contribution in [0.2, 0.25) is 0 Å². The summed E-state index contributed by atoms with van der Waals surface area (Å²) in [5.74, 6) is 1.19. The van der Waals surface area contributed by atoms with E-state index in [2.05, 4.69) is 10.6 Å². The zero-order chi connectivity index (χ0) is 33.1. The Balaban J connectivity index is 1.56. The standard InChI is InChI=1S/C35H34N2O8S/c1-41-29-15-14-24(19-30(29)42-2)28(38)21-46-26-13-9-12-25(20-26)36-35(40)27(37-34(39)23-10-7-6-8-11-23)16-22-17-31(43-3)33(45-5)32(18-22)44-4/h6-20H,21H2,1-5H3,(H,36,40)(H,37,39)/b27-16-. The molecule has 0 bridgehead atoms. The Morgan fingerprint density at radius 3 is 1.98 bits per heavy atom. The minimum atomic E-state index is -0.568. The number of amides is 2. The molecule has 46 heavy (non-hydrogen) atoms. The molecule has 0 spiro atoms. The molecule has 0 heterocycles. The van der Waals surface area contributed by atoms with Gasteiger partial charge < -0.3 is 34.3 Å². The first-order valence-corrected chi connectivity index (χ1v) is 15.0. The van der Waals surface area contributed by atoms with Crippen LogP contribution in [0.25, 0.3) is 6.08 Å². The summed E-state index contributed by atoms with van der Waals surface area (Å²) in [6.45, 7) is 0. The van der Waals surface area contributed by atoms with Gasteiger partial charge >= 0.3 is 0 Å². The van der Waals surface area contributed by atoms with Gasteiger partial charge in [0.05, 0.1) is 41.3 Å². The summed E-state index contributed by atoms with van der Waals surface area (Å²) in [5.41, 5.74) is 1.84. The number of benzene rings is 4. The number of hydrogen-bond donors (Lipinski definition) is 2. The Morgan fingerprint density at radius 2 is 1.35 bits per heavy atom. The molecule has 2 amide bonds. The van der Waals surface area contributed by atoms with Gasteiger partial charge in [-0.2, -0.15) is 0 Å². The lowest BCUT2D eigenvalue weighted by Gasteiger charge is -2.15. The first-order chi connectivity index (χ1) is 22.3. The normalized spacial score (nSPS) is 10.8. The molecule has 0 saturated heterocycles. The van der Waals surface area contributed by atoms with Crippen LogP contribution in [0, 0.1) is 0 Å². The molecule has 0 fully saturated rings. The number of carbonyl (C=O) groups excluding carboxylic acids is 3.